The number of rotatable bonds is 15. The molecular weight excluding hydrogens is 396 g/mol. The maximum Gasteiger partial charge on any atom is 0.238 e. The Labute approximate surface area is 187 Å². The Hall–Kier alpha value is -1.40. The molecule has 170 valence electrons. The summed E-state index contributed by atoms with van der Waals surface area (Å²) in [6.45, 7) is 3.04. The second-order valence-electron chi connectivity index (χ2n) is 8.02. The Morgan fingerprint density at radius 1 is 1.00 bits per heavy atom. The van der Waals surface area contributed by atoms with Gasteiger partial charge in [0.1, 0.15) is 0 Å². The zero-order valence-electron chi connectivity index (χ0n) is 19.0. The van der Waals surface area contributed by atoms with Crippen LogP contribution in [0.25, 0.3) is 0 Å². The molecule has 0 bridgehead atoms. The largest absolute Gasteiger partial charge is 0.493 e. The van der Waals surface area contributed by atoms with Gasteiger partial charge in [0.25, 0.3) is 0 Å². The lowest BCUT2D eigenvalue weighted by Gasteiger charge is -2.15. The van der Waals surface area contributed by atoms with Crippen molar-refractivity contribution in [3.8, 4) is 11.5 Å². The monoisotopic (exact) mass is 436 g/mol. The Morgan fingerprint density at radius 2 is 1.63 bits per heavy atom. The minimum atomic E-state index is -0.142. The zero-order chi connectivity index (χ0) is 21.6. The summed E-state index contributed by atoms with van der Waals surface area (Å²) in [4.78, 5) is 12.5. The number of hydrogen-bond acceptors (Lipinski definition) is 5. The highest BCUT2D eigenvalue weighted by atomic mass is 32.2. The van der Waals surface area contributed by atoms with Crippen LogP contribution in [0.2, 0.25) is 0 Å². The molecule has 1 aliphatic heterocycles. The molecule has 1 aromatic rings. The van der Waals surface area contributed by atoms with Gasteiger partial charge in [0, 0.05) is 12.3 Å². The predicted octanol–water partition coefficient (Wildman–Crippen LogP) is 5.44. The number of nitrogens with one attached hydrogen (secondary N) is 2. The molecule has 0 radical (unpaired) electrons. The van der Waals surface area contributed by atoms with Gasteiger partial charge in [-0.3, -0.25) is 10.1 Å². The average molecular weight is 437 g/mol. The zero-order valence-corrected chi connectivity index (χ0v) is 19.8. The predicted molar refractivity (Wildman–Crippen MR) is 127 cm³/mol. The third-order valence-corrected chi connectivity index (χ3v) is 6.91. The van der Waals surface area contributed by atoms with E-state index in [1.54, 1.807) is 26.0 Å². The SMILES string of the molecule is CCCCCCCCCCCCNC(=O)C1CSC(c2ccc(OC)c(OC)c2)N1. The average Bonchev–Trinajstić information content (AvgIpc) is 3.27. The number of thioether (sulfide) groups is 1. The molecule has 6 heteroatoms. The summed E-state index contributed by atoms with van der Waals surface area (Å²) in [6.07, 6.45) is 13.1. The van der Waals surface area contributed by atoms with Crippen molar-refractivity contribution in [2.45, 2.75) is 82.5 Å². The normalized spacial score (nSPS) is 18.4. The van der Waals surface area contributed by atoms with Crippen molar-refractivity contribution in [1.29, 1.82) is 0 Å². The Bertz CT molecular complexity index is 626. The molecule has 2 atom stereocenters. The van der Waals surface area contributed by atoms with Gasteiger partial charge in [0.2, 0.25) is 5.91 Å². The van der Waals surface area contributed by atoms with Crippen LogP contribution in [0.5, 0.6) is 11.5 Å². The summed E-state index contributed by atoms with van der Waals surface area (Å²) in [5.41, 5.74) is 1.10. The molecule has 30 heavy (non-hydrogen) atoms. The van der Waals surface area contributed by atoms with E-state index in [1.165, 1.54) is 57.8 Å². The minimum Gasteiger partial charge on any atom is -0.493 e. The lowest BCUT2D eigenvalue weighted by atomic mass is 10.1. The van der Waals surface area contributed by atoms with Crippen LogP contribution in [0.15, 0.2) is 18.2 Å². The maximum absolute atomic E-state index is 12.5. The number of methoxy groups -OCH3 is 2. The Balaban J connectivity index is 1.58. The number of benzene rings is 1. The molecule has 1 aliphatic rings. The number of amides is 1. The highest BCUT2D eigenvalue weighted by Crippen LogP contribution is 2.37. The van der Waals surface area contributed by atoms with Crippen molar-refractivity contribution in [3.05, 3.63) is 23.8 Å². The first-order valence-electron chi connectivity index (χ1n) is 11.6. The second kappa shape index (κ2) is 14.6. The topological polar surface area (TPSA) is 59.6 Å². The lowest BCUT2D eigenvalue weighted by molar-refractivity contribution is -0.122. The van der Waals surface area contributed by atoms with Gasteiger partial charge in [-0.25, -0.2) is 0 Å². The van der Waals surface area contributed by atoms with E-state index in [0.29, 0.717) is 5.75 Å². The van der Waals surface area contributed by atoms with Crippen LogP contribution in [0.3, 0.4) is 0 Å². The van der Waals surface area contributed by atoms with Gasteiger partial charge in [-0.2, -0.15) is 0 Å². The molecule has 0 aromatic heterocycles. The molecule has 2 unspecified atom stereocenters. The fourth-order valence-corrected chi connectivity index (χ4v) is 5.01. The molecule has 0 aliphatic carbocycles. The van der Waals surface area contributed by atoms with E-state index >= 15 is 0 Å². The third kappa shape index (κ3) is 8.38. The highest BCUT2D eigenvalue weighted by Gasteiger charge is 2.30. The molecule has 2 N–H and O–H groups in total. The van der Waals surface area contributed by atoms with Gasteiger partial charge < -0.3 is 14.8 Å². The molecular formula is C24H40N2O3S. The van der Waals surface area contributed by atoms with E-state index in [4.69, 9.17) is 9.47 Å². The van der Waals surface area contributed by atoms with Crippen LogP contribution in [0.4, 0.5) is 0 Å². The van der Waals surface area contributed by atoms with E-state index in [9.17, 15) is 4.79 Å². The van der Waals surface area contributed by atoms with Gasteiger partial charge in [0.15, 0.2) is 11.5 Å². The first-order chi connectivity index (χ1) is 14.7. The number of carbonyl (C=O) groups excluding carboxylic acids is 1. The first kappa shape index (κ1) is 24.9. The molecule has 5 nitrogen and oxygen atoms in total. The summed E-state index contributed by atoms with van der Waals surface area (Å²) in [6, 6.07) is 5.77. The van der Waals surface area contributed by atoms with Crippen molar-refractivity contribution in [2.24, 2.45) is 0 Å². The highest BCUT2D eigenvalue weighted by molar-refractivity contribution is 7.99. The van der Waals surface area contributed by atoms with Gasteiger partial charge in [-0.15, -0.1) is 11.8 Å². The first-order valence-corrected chi connectivity index (χ1v) is 12.6. The number of carbonyl (C=O) groups is 1. The molecule has 0 saturated carbocycles. The Kier molecular flexibility index (Phi) is 12.1. The quantitative estimate of drug-likeness (QED) is 0.358. The maximum atomic E-state index is 12.5. The van der Waals surface area contributed by atoms with Crippen molar-refractivity contribution < 1.29 is 14.3 Å². The lowest BCUT2D eigenvalue weighted by Crippen LogP contribution is -2.42. The van der Waals surface area contributed by atoms with E-state index in [1.807, 2.05) is 18.2 Å². The fourth-order valence-electron chi connectivity index (χ4n) is 3.78. The summed E-state index contributed by atoms with van der Waals surface area (Å²) < 4.78 is 10.7. The van der Waals surface area contributed by atoms with Crippen molar-refractivity contribution in [1.82, 2.24) is 10.6 Å². The molecule has 2 rings (SSSR count). The molecule has 1 aromatic carbocycles. The fraction of sp³-hybridized carbons (Fsp3) is 0.708. The van der Waals surface area contributed by atoms with Crippen LogP contribution in [-0.4, -0.2) is 38.5 Å². The number of hydrogen-bond donors (Lipinski definition) is 2. The molecule has 1 fully saturated rings. The van der Waals surface area contributed by atoms with Gasteiger partial charge >= 0.3 is 0 Å². The van der Waals surface area contributed by atoms with E-state index < -0.39 is 0 Å². The van der Waals surface area contributed by atoms with Crippen LogP contribution in [-0.2, 0) is 4.79 Å². The number of unbranched alkanes of at least 4 members (excludes halogenated alkanes) is 9. The molecule has 1 heterocycles. The van der Waals surface area contributed by atoms with Gasteiger partial charge in [-0.1, -0.05) is 70.8 Å². The standard InChI is InChI=1S/C24H40N2O3S/c1-4-5-6-7-8-9-10-11-12-13-16-25-23(27)20-18-30-24(26-20)19-14-15-21(28-2)22(17-19)29-3/h14-15,17,20,24,26H,4-13,16,18H2,1-3H3,(H,25,27). The van der Waals surface area contributed by atoms with E-state index in [-0.39, 0.29) is 17.3 Å². The summed E-state index contributed by atoms with van der Waals surface area (Å²) in [7, 11) is 3.27. The van der Waals surface area contributed by atoms with Crippen LogP contribution < -0.4 is 20.1 Å². The van der Waals surface area contributed by atoms with Gasteiger partial charge in [-0.05, 0) is 24.1 Å². The summed E-state index contributed by atoms with van der Waals surface area (Å²) >= 11 is 1.76. The minimum absolute atomic E-state index is 0.0953. The van der Waals surface area contributed by atoms with Crippen molar-refractivity contribution in [3.63, 3.8) is 0 Å². The van der Waals surface area contributed by atoms with E-state index in [2.05, 4.69) is 17.6 Å². The second-order valence-corrected chi connectivity index (χ2v) is 9.16. The van der Waals surface area contributed by atoms with E-state index in [0.717, 1.165) is 30.0 Å². The van der Waals surface area contributed by atoms with Crippen molar-refractivity contribution in [2.75, 3.05) is 26.5 Å². The smallest absolute Gasteiger partial charge is 0.238 e. The van der Waals surface area contributed by atoms with Gasteiger partial charge in [0.05, 0.1) is 25.6 Å². The number of ether oxygens (including phenoxy) is 2. The molecule has 0 spiro atoms. The summed E-state index contributed by atoms with van der Waals surface area (Å²) in [5, 5.41) is 6.64. The molecule has 1 saturated heterocycles. The van der Waals surface area contributed by atoms with Crippen LogP contribution in [0, 0.1) is 0 Å². The van der Waals surface area contributed by atoms with Crippen LogP contribution >= 0.6 is 11.8 Å². The van der Waals surface area contributed by atoms with Crippen LogP contribution in [0.1, 0.15) is 82.1 Å². The summed E-state index contributed by atoms with van der Waals surface area (Å²) in [5.74, 6) is 2.32. The molecule has 1 amide bonds. The van der Waals surface area contributed by atoms with Crippen molar-refractivity contribution >= 4 is 17.7 Å². The third-order valence-electron chi connectivity index (χ3n) is 5.64. The Morgan fingerprint density at radius 3 is 2.27 bits per heavy atom.